The molecule has 0 unspecified atom stereocenters. The molecule has 2 aliphatic heterocycles. The Kier molecular flexibility index (Phi) is 3.51. The summed E-state index contributed by atoms with van der Waals surface area (Å²) in [5.41, 5.74) is 3.76. The summed E-state index contributed by atoms with van der Waals surface area (Å²) >= 11 is 0. The number of nitrogens with two attached hydrogens (primary N) is 1. The summed E-state index contributed by atoms with van der Waals surface area (Å²) in [6.07, 6.45) is 0. The van der Waals surface area contributed by atoms with Gasteiger partial charge in [0.25, 0.3) is 5.91 Å². The number of nitrogens with one attached hydrogen (secondary N) is 2. The second-order valence-corrected chi connectivity index (χ2v) is 5.21. The van der Waals surface area contributed by atoms with Gasteiger partial charge in [-0.15, -0.1) is 0 Å². The number of carbonyl (C=O) groups excluding carboxylic acids is 1. The molecule has 0 aliphatic carbocycles. The molecule has 0 spiro atoms. The monoisotopic (exact) mass is 329 g/mol. The second kappa shape index (κ2) is 5.82. The highest BCUT2D eigenvalue weighted by molar-refractivity contribution is 6.01. The molecule has 124 valence electrons. The average molecular weight is 329 g/mol. The smallest absolute Gasteiger partial charge is 0.267 e. The number of amides is 1. The van der Waals surface area contributed by atoms with E-state index in [0.29, 0.717) is 47.5 Å². The van der Waals surface area contributed by atoms with Crippen LogP contribution in [0.1, 0.15) is 10.4 Å². The maximum absolute atomic E-state index is 12.1. The zero-order valence-electron chi connectivity index (χ0n) is 12.6. The van der Waals surface area contributed by atoms with Crippen LogP contribution in [0.3, 0.4) is 0 Å². The molecule has 2 heterocycles. The first-order valence-corrected chi connectivity index (χ1v) is 7.36. The third-order valence-corrected chi connectivity index (χ3v) is 3.71. The van der Waals surface area contributed by atoms with E-state index in [9.17, 15) is 4.79 Å². The van der Waals surface area contributed by atoms with Gasteiger partial charge >= 0.3 is 0 Å². The Morgan fingerprint density at radius 1 is 0.917 bits per heavy atom. The number of hydrogen-bond acceptors (Lipinski definition) is 7. The Bertz CT molecular complexity index is 809. The van der Waals surface area contributed by atoms with Gasteiger partial charge in [-0.05, 0) is 18.2 Å². The Hall–Kier alpha value is -3.13. The van der Waals surface area contributed by atoms with Crippen molar-refractivity contribution in [1.29, 1.82) is 0 Å². The first kappa shape index (κ1) is 14.5. The third kappa shape index (κ3) is 2.52. The molecule has 1 amide bonds. The molecule has 24 heavy (non-hydrogen) atoms. The first-order valence-electron chi connectivity index (χ1n) is 7.36. The number of nitrogen functional groups attached to an aromatic ring is 1. The standard InChI is InChI=1S/C16H15N3O5/c17-19-16(20)10-6-14-15(22-4-3-21-14)7-11(10)18-9-1-2-12-13(5-9)24-8-23-12/h1-2,5-7,18H,3-4,8,17H2,(H,19,20). The van der Waals surface area contributed by atoms with Crippen molar-refractivity contribution in [2.24, 2.45) is 5.84 Å². The molecule has 0 saturated carbocycles. The van der Waals surface area contributed by atoms with Crippen molar-refractivity contribution < 1.29 is 23.7 Å². The molecule has 4 N–H and O–H groups in total. The van der Waals surface area contributed by atoms with Crippen molar-refractivity contribution in [3.05, 3.63) is 35.9 Å². The van der Waals surface area contributed by atoms with E-state index in [1.807, 2.05) is 6.07 Å². The van der Waals surface area contributed by atoms with Crippen molar-refractivity contribution in [1.82, 2.24) is 5.43 Å². The molecule has 0 atom stereocenters. The topological polar surface area (TPSA) is 104 Å². The summed E-state index contributed by atoms with van der Waals surface area (Å²) in [7, 11) is 0. The van der Waals surface area contributed by atoms with Gasteiger partial charge in [0.1, 0.15) is 13.2 Å². The van der Waals surface area contributed by atoms with Crippen LogP contribution in [0.25, 0.3) is 0 Å². The summed E-state index contributed by atoms with van der Waals surface area (Å²) in [6.45, 7) is 1.09. The van der Waals surface area contributed by atoms with Crippen molar-refractivity contribution >= 4 is 17.3 Å². The van der Waals surface area contributed by atoms with Gasteiger partial charge in [-0.2, -0.15) is 0 Å². The Morgan fingerprint density at radius 3 is 2.42 bits per heavy atom. The summed E-state index contributed by atoms with van der Waals surface area (Å²) in [5, 5.41) is 3.18. The highest BCUT2D eigenvalue weighted by atomic mass is 16.7. The number of ether oxygens (including phenoxy) is 4. The van der Waals surface area contributed by atoms with Crippen molar-refractivity contribution in [2.45, 2.75) is 0 Å². The van der Waals surface area contributed by atoms with E-state index in [2.05, 4.69) is 10.7 Å². The quantitative estimate of drug-likeness (QED) is 0.446. The van der Waals surface area contributed by atoms with E-state index in [0.717, 1.165) is 5.69 Å². The molecule has 2 aromatic carbocycles. The fourth-order valence-electron chi connectivity index (χ4n) is 2.59. The normalized spacial score (nSPS) is 14.2. The molecule has 0 saturated heterocycles. The fraction of sp³-hybridized carbons (Fsp3) is 0.188. The lowest BCUT2D eigenvalue weighted by molar-refractivity contribution is 0.0953. The zero-order valence-corrected chi connectivity index (χ0v) is 12.6. The minimum absolute atomic E-state index is 0.198. The van der Waals surface area contributed by atoms with Gasteiger partial charge < -0.3 is 24.3 Å². The van der Waals surface area contributed by atoms with Crippen LogP contribution >= 0.6 is 0 Å². The lowest BCUT2D eigenvalue weighted by Crippen LogP contribution is -2.30. The van der Waals surface area contributed by atoms with Gasteiger partial charge in [0.05, 0.1) is 11.3 Å². The van der Waals surface area contributed by atoms with E-state index < -0.39 is 5.91 Å². The van der Waals surface area contributed by atoms with E-state index in [1.165, 1.54) is 0 Å². The molecular weight excluding hydrogens is 314 g/mol. The highest BCUT2D eigenvalue weighted by Gasteiger charge is 2.20. The van der Waals surface area contributed by atoms with Crippen molar-refractivity contribution in [2.75, 3.05) is 25.3 Å². The Morgan fingerprint density at radius 2 is 1.62 bits per heavy atom. The van der Waals surface area contributed by atoms with E-state index in [1.54, 1.807) is 24.3 Å². The van der Waals surface area contributed by atoms with Gasteiger partial charge in [0.15, 0.2) is 23.0 Å². The lowest BCUT2D eigenvalue weighted by atomic mass is 10.1. The number of anilines is 2. The summed E-state index contributed by atoms with van der Waals surface area (Å²) in [5.74, 6) is 7.25. The highest BCUT2D eigenvalue weighted by Crippen LogP contribution is 2.39. The minimum Gasteiger partial charge on any atom is -0.486 e. The molecule has 0 bridgehead atoms. The van der Waals surface area contributed by atoms with E-state index in [-0.39, 0.29) is 6.79 Å². The van der Waals surface area contributed by atoms with Crippen LogP contribution in [-0.2, 0) is 0 Å². The van der Waals surface area contributed by atoms with Gasteiger partial charge in [0.2, 0.25) is 6.79 Å². The van der Waals surface area contributed by atoms with Gasteiger partial charge in [-0.1, -0.05) is 0 Å². The summed E-state index contributed by atoms with van der Waals surface area (Å²) in [4.78, 5) is 12.1. The van der Waals surface area contributed by atoms with Gasteiger partial charge in [0, 0.05) is 17.8 Å². The Balaban J connectivity index is 1.71. The van der Waals surface area contributed by atoms with Crippen molar-refractivity contribution in [3.8, 4) is 23.0 Å². The molecule has 0 radical (unpaired) electrons. The molecule has 8 heteroatoms. The van der Waals surface area contributed by atoms with Crippen LogP contribution in [0.15, 0.2) is 30.3 Å². The summed E-state index contributed by atoms with van der Waals surface area (Å²) < 4.78 is 21.7. The van der Waals surface area contributed by atoms with E-state index in [4.69, 9.17) is 24.8 Å². The van der Waals surface area contributed by atoms with Crippen LogP contribution in [0, 0.1) is 0 Å². The fourth-order valence-corrected chi connectivity index (χ4v) is 2.59. The lowest BCUT2D eigenvalue weighted by Gasteiger charge is -2.21. The third-order valence-electron chi connectivity index (χ3n) is 3.71. The molecule has 0 fully saturated rings. The molecule has 4 rings (SSSR count). The second-order valence-electron chi connectivity index (χ2n) is 5.21. The van der Waals surface area contributed by atoms with Crippen LogP contribution < -0.4 is 35.5 Å². The van der Waals surface area contributed by atoms with Crippen molar-refractivity contribution in [3.63, 3.8) is 0 Å². The van der Waals surface area contributed by atoms with Gasteiger partial charge in [-0.25, -0.2) is 5.84 Å². The molecule has 2 aromatic rings. The van der Waals surface area contributed by atoms with Crippen LogP contribution in [0.5, 0.6) is 23.0 Å². The number of fused-ring (bicyclic) bond motifs is 2. The van der Waals surface area contributed by atoms with E-state index >= 15 is 0 Å². The number of rotatable bonds is 3. The molecule has 2 aliphatic rings. The maximum atomic E-state index is 12.1. The number of hydrogen-bond donors (Lipinski definition) is 3. The van der Waals surface area contributed by atoms with Crippen LogP contribution in [0.4, 0.5) is 11.4 Å². The summed E-state index contributed by atoms with van der Waals surface area (Å²) in [6, 6.07) is 8.73. The number of carbonyl (C=O) groups is 1. The Labute approximate surface area is 137 Å². The largest absolute Gasteiger partial charge is 0.486 e. The predicted octanol–water partition coefficient (Wildman–Crippen LogP) is 1.53. The number of benzene rings is 2. The van der Waals surface area contributed by atoms with Crippen LogP contribution in [-0.4, -0.2) is 25.9 Å². The minimum atomic E-state index is -0.435. The average Bonchev–Trinajstić information content (AvgIpc) is 3.08. The predicted molar refractivity (Wildman–Crippen MR) is 84.9 cm³/mol. The first-order chi connectivity index (χ1) is 11.7. The van der Waals surface area contributed by atoms with Gasteiger partial charge in [-0.3, -0.25) is 10.2 Å². The van der Waals surface area contributed by atoms with Crippen LogP contribution in [0.2, 0.25) is 0 Å². The SMILES string of the molecule is NNC(=O)c1cc2c(cc1Nc1ccc3c(c1)OCO3)OCCO2. The zero-order chi connectivity index (χ0) is 16.5. The number of hydrazine groups is 1. The molecule has 8 nitrogen and oxygen atoms in total. The molecular formula is C16H15N3O5. The molecule has 0 aromatic heterocycles. The maximum Gasteiger partial charge on any atom is 0.267 e.